The number of hydrogen-bond acceptors (Lipinski definition) is 8. The minimum Gasteiger partial charge on any atom is -0.493 e. The van der Waals surface area contributed by atoms with Crippen LogP contribution in [0.25, 0.3) is 0 Å². The predicted octanol–water partition coefficient (Wildman–Crippen LogP) is 3.26. The van der Waals surface area contributed by atoms with E-state index in [1.807, 2.05) is 74.3 Å². The lowest BCUT2D eigenvalue weighted by Crippen LogP contribution is -2.48. The van der Waals surface area contributed by atoms with Crippen LogP contribution in [-0.4, -0.2) is 68.2 Å². The summed E-state index contributed by atoms with van der Waals surface area (Å²) in [5, 5.41) is 1.91. The fraction of sp³-hybridized carbons (Fsp3) is 0.481. The van der Waals surface area contributed by atoms with Crippen LogP contribution >= 0.6 is 11.3 Å². The smallest absolute Gasteiger partial charge is 0.354 e. The van der Waals surface area contributed by atoms with E-state index in [0.717, 1.165) is 22.5 Å². The van der Waals surface area contributed by atoms with Crippen molar-refractivity contribution in [1.82, 2.24) is 9.80 Å². The van der Waals surface area contributed by atoms with Crippen LogP contribution in [0, 0.1) is 0 Å². The van der Waals surface area contributed by atoms with Crippen LogP contribution in [0.15, 0.2) is 41.4 Å². The Kier molecular flexibility index (Phi) is 7.07. The quantitative estimate of drug-likeness (QED) is 0.542. The SMILES string of the molecule is COc1cc2c(cc1OCCN(C)C)C1N(CC2)C(C(=O)OC(C)(C)C)=CC1(C(N)=O)c1cccs1. The van der Waals surface area contributed by atoms with Gasteiger partial charge in [0.25, 0.3) is 0 Å². The third kappa shape index (κ3) is 4.69. The second kappa shape index (κ2) is 9.78. The van der Waals surface area contributed by atoms with Crippen molar-refractivity contribution in [3.63, 3.8) is 0 Å². The molecule has 3 heterocycles. The Morgan fingerprint density at radius 3 is 2.58 bits per heavy atom. The van der Waals surface area contributed by atoms with Crippen molar-refractivity contribution in [3.8, 4) is 11.5 Å². The van der Waals surface area contributed by atoms with E-state index in [0.29, 0.717) is 36.8 Å². The number of fused-ring (bicyclic) bond motifs is 3. The molecule has 1 amide bonds. The topological polar surface area (TPSA) is 94.3 Å². The molecule has 2 aromatic rings. The predicted molar refractivity (Wildman–Crippen MR) is 139 cm³/mol. The van der Waals surface area contributed by atoms with E-state index < -0.39 is 28.9 Å². The van der Waals surface area contributed by atoms with Gasteiger partial charge in [-0.2, -0.15) is 0 Å². The molecule has 1 aromatic heterocycles. The lowest BCUT2D eigenvalue weighted by atomic mass is 9.73. The van der Waals surface area contributed by atoms with Gasteiger partial charge in [0.05, 0.1) is 13.2 Å². The summed E-state index contributed by atoms with van der Waals surface area (Å²) in [6.07, 6.45) is 2.38. The van der Waals surface area contributed by atoms with Gasteiger partial charge in [0.2, 0.25) is 5.91 Å². The van der Waals surface area contributed by atoms with Gasteiger partial charge < -0.3 is 29.7 Å². The maximum Gasteiger partial charge on any atom is 0.354 e. The average molecular weight is 514 g/mol. The molecule has 9 heteroatoms. The van der Waals surface area contributed by atoms with Crippen molar-refractivity contribution in [2.24, 2.45) is 5.73 Å². The molecule has 0 spiro atoms. The zero-order valence-corrected chi connectivity index (χ0v) is 22.6. The Hall–Kier alpha value is -3.04. The number of nitrogens with two attached hydrogens (primary N) is 1. The first-order valence-corrected chi connectivity index (χ1v) is 12.9. The normalized spacial score (nSPS) is 21.0. The number of ether oxygens (including phenoxy) is 3. The highest BCUT2D eigenvalue weighted by Crippen LogP contribution is 2.54. The average Bonchev–Trinajstić information content (AvgIpc) is 3.44. The Balaban J connectivity index is 1.87. The second-order valence-electron chi connectivity index (χ2n) is 10.4. The Morgan fingerprint density at radius 1 is 1.25 bits per heavy atom. The molecular weight excluding hydrogens is 478 g/mol. The molecule has 2 aliphatic heterocycles. The highest BCUT2D eigenvalue weighted by atomic mass is 32.1. The van der Waals surface area contributed by atoms with Gasteiger partial charge >= 0.3 is 5.97 Å². The fourth-order valence-corrected chi connectivity index (χ4v) is 5.85. The molecule has 194 valence electrons. The summed E-state index contributed by atoms with van der Waals surface area (Å²) in [5.74, 6) is 0.249. The van der Waals surface area contributed by atoms with Crippen LogP contribution in [0.3, 0.4) is 0 Å². The van der Waals surface area contributed by atoms with Crippen molar-refractivity contribution in [2.45, 2.75) is 44.2 Å². The molecule has 8 nitrogen and oxygen atoms in total. The number of carbonyl (C=O) groups excluding carboxylic acids is 2. The third-order valence-corrected chi connectivity index (χ3v) is 7.52. The van der Waals surface area contributed by atoms with Gasteiger partial charge in [0.1, 0.15) is 23.3 Å². The number of likely N-dealkylation sites (N-methyl/N-ethyl adjacent to an activating group) is 1. The van der Waals surface area contributed by atoms with E-state index in [-0.39, 0.29) is 0 Å². The van der Waals surface area contributed by atoms with E-state index in [4.69, 9.17) is 19.9 Å². The Morgan fingerprint density at radius 2 is 2.00 bits per heavy atom. The van der Waals surface area contributed by atoms with Crippen LogP contribution in [0.2, 0.25) is 0 Å². The molecule has 2 unspecified atom stereocenters. The number of amides is 1. The fourth-order valence-electron chi connectivity index (χ4n) is 4.92. The van der Waals surface area contributed by atoms with Gasteiger partial charge in [-0.25, -0.2) is 4.79 Å². The van der Waals surface area contributed by atoms with Gasteiger partial charge in [0, 0.05) is 18.0 Å². The van der Waals surface area contributed by atoms with Gasteiger partial charge in [0.15, 0.2) is 11.5 Å². The van der Waals surface area contributed by atoms with E-state index in [2.05, 4.69) is 0 Å². The number of carbonyl (C=O) groups is 2. The number of primary amides is 1. The zero-order valence-electron chi connectivity index (χ0n) is 21.8. The van der Waals surface area contributed by atoms with Crippen LogP contribution in [-0.2, 0) is 26.2 Å². The number of methoxy groups -OCH3 is 1. The molecule has 0 aliphatic carbocycles. The minimum absolute atomic E-state index is 0.360. The second-order valence-corrected chi connectivity index (χ2v) is 11.4. The number of benzene rings is 1. The highest BCUT2D eigenvalue weighted by molar-refractivity contribution is 7.10. The number of hydrogen-bond donors (Lipinski definition) is 1. The molecule has 1 aromatic carbocycles. The maximum atomic E-state index is 13.4. The Labute approximate surface area is 216 Å². The van der Waals surface area contributed by atoms with Crippen LogP contribution in [0.1, 0.15) is 42.8 Å². The molecule has 36 heavy (non-hydrogen) atoms. The lowest BCUT2D eigenvalue weighted by Gasteiger charge is -2.42. The molecule has 2 aliphatic rings. The van der Waals surface area contributed by atoms with E-state index >= 15 is 0 Å². The summed E-state index contributed by atoms with van der Waals surface area (Å²) in [5.41, 5.74) is 6.55. The number of esters is 1. The first kappa shape index (κ1) is 26.0. The molecule has 0 saturated carbocycles. The molecule has 0 saturated heterocycles. The van der Waals surface area contributed by atoms with Gasteiger partial charge in [-0.15, -0.1) is 11.3 Å². The van der Waals surface area contributed by atoms with Crippen molar-refractivity contribution < 1.29 is 23.8 Å². The van der Waals surface area contributed by atoms with Crippen molar-refractivity contribution in [3.05, 3.63) is 57.4 Å². The van der Waals surface area contributed by atoms with E-state index in [1.54, 1.807) is 13.2 Å². The van der Waals surface area contributed by atoms with Crippen molar-refractivity contribution >= 4 is 23.2 Å². The number of thiophene rings is 1. The first-order chi connectivity index (χ1) is 17.0. The van der Waals surface area contributed by atoms with Crippen LogP contribution in [0.5, 0.6) is 11.5 Å². The Bertz CT molecular complexity index is 1170. The first-order valence-electron chi connectivity index (χ1n) is 12.0. The standard InChI is InChI=1S/C27H35N3O5S/c1-26(2,3)35-24(31)19-16-27(25(28)32,22-8-7-13-36-22)23-18-15-21(34-12-11-29(4)5)20(33-6)14-17(18)9-10-30(19)23/h7-8,13-16,23H,9-12H2,1-6H3,(H2,28,32). The summed E-state index contributed by atoms with van der Waals surface area (Å²) in [7, 11) is 5.58. The largest absolute Gasteiger partial charge is 0.493 e. The number of nitrogens with zero attached hydrogens (tertiary/aromatic N) is 2. The molecule has 0 radical (unpaired) electrons. The van der Waals surface area contributed by atoms with E-state index in [9.17, 15) is 9.59 Å². The van der Waals surface area contributed by atoms with Crippen LogP contribution in [0.4, 0.5) is 0 Å². The molecule has 0 fully saturated rings. The van der Waals surface area contributed by atoms with Gasteiger partial charge in [-0.05, 0) is 82.1 Å². The summed E-state index contributed by atoms with van der Waals surface area (Å²) in [6.45, 7) is 7.23. The summed E-state index contributed by atoms with van der Waals surface area (Å²) >= 11 is 1.45. The van der Waals surface area contributed by atoms with E-state index in [1.165, 1.54) is 11.3 Å². The van der Waals surface area contributed by atoms with Crippen molar-refractivity contribution in [1.29, 1.82) is 0 Å². The molecule has 4 rings (SSSR count). The summed E-state index contributed by atoms with van der Waals surface area (Å²) < 4.78 is 17.5. The monoisotopic (exact) mass is 513 g/mol. The molecule has 0 bridgehead atoms. The van der Waals surface area contributed by atoms with Crippen LogP contribution < -0.4 is 15.2 Å². The number of rotatable bonds is 8. The molecule has 2 N–H and O–H groups in total. The van der Waals surface area contributed by atoms with Gasteiger partial charge in [-0.1, -0.05) is 6.07 Å². The maximum absolute atomic E-state index is 13.4. The highest BCUT2D eigenvalue weighted by Gasteiger charge is 2.57. The molecular formula is C27H35N3O5S. The summed E-state index contributed by atoms with van der Waals surface area (Å²) in [6, 6.07) is 7.19. The lowest BCUT2D eigenvalue weighted by molar-refractivity contribution is -0.152. The summed E-state index contributed by atoms with van der Waals surface area (Å²) in [4.78, 5) is 31.5. The minimum atomic E-state index is -1.23. The zero-order chi connectivity index (χ0) is 26.3. The van der Waals surface area contributed by atoms with Gasteiger partial charge in [-0.3, -0.25) is 4.79 Å². The third-order valence-electron chi connectivity index (χ3n) is 6.50. The van der Waals surface area contributed by atoms with Crippen molar-refractivity contribution in [2.75, 3.05) is 40.9 Å². The molecule has 2 atom stereocenters.